The summed E-state index contributed by atoms with van der Waals surface area (Å²) in [5.41, 5.74) is 2.74. The van der Waals surface area contributed by atoms with E-state index in [2.05, 4.69) is 15.6 Å². The van der Waals surface area contributed by atoms with Crippen molar-refractivity contribution in [3.8, 4) is 0 Å². The molecule has 0 aliphatic heterocycles. The van der Waals surface area contributed by atoms with Crippen molar-refractivity contribution < 1.29 is 4.79 Å². The highest BCUT2D eigenvalue weighted by atomic mass is 16.1. The molecule has 2 aromatic rings. The van der Waals surface area contributed by atoms with Gasteiger partial charge in [0.1, 0.15) is 5.82 Å². The molecular weight excluding hydrogens is 286 g/mol. The van der Waals surface area contributed by atoms with Gasteiger partial charge in [0.2, 0.25) is 0 Å². The van der Waals surface area contributed by atoms with Crippen LogP contribution in [0.1, 0.15) is 48.0 Å². The fraction of sp³-hybridized carbons (Fsp3) is 0.368. The van der Waals surface area contributed by atoms with Gasteiger partial charge in [-0.25, -0.2) is 4.98 Å². The fourth-order valence-corrected chi connectivity index (χ4v) is 3.01. The summed E-state index contributed by atoms with van der Waals surface area (Å²) in [6.45, 7) is 1.97. The Bertz CT molecular complexity index is 661. The van der Waals surface area contributed by atoms with E-state index in [1.807, 2.05) is 37.3 Å². The quantitative estimate of drug-likeness (QED) is 0.881. The third-order valence-electron chi connectivity index (χ3n) is 4.26. The highest BCUT2D eigenvalue weighted by Gasteiger charge is 2.13. The minimum Gasteiger partial charge on any atom is -0.381 e. The monoisotopic (exact) mass is 309 g/mol. The van der Waals surface area contributed by atoms with Crippen molar-refractivity contribution in [2.24, 2.45) is 0 Å². The van der Waals surface area contributed by atoms with E-state index in [1.54, 1.807) is 12.3 Å². The molecule has 120 valence electrons. The summed E-state index contributed by atoms with van der Waals surface area (Å²) in [6.07, 6.45) is 8.20. The standard InChI is InChI=1S/C19H23N3O/c1-14-6-5-7-15(12-14)19(23)22-18-11-10-17(13-20-18)21-16-8-3-2-4-9-16/h5-7,10-13,16,21H,2-4,8-9H2,1H3,(H,20,22,23). The summed E-state index contributed by atoms with van der Waals surface area (Å²) in [5, 5.41) is 6.36. The summed E-state index contributed by atoms with van der Waals surface area (Å²) in [6, 6.07) is 11.9. The molecule has 3 rings (SSSR count). The first-order valence-electron chi connectivity index (χ1n) is 8.31. The average Bonchev–Trinajstić information content (AvgIpc) is 2.57. The molecule has 0 atom stereocenters. The van der Waals surface area contributed by atoms with E-state index in [1.165, 1.54) is 32.1 Å². The summed E-state index contributed by atoms with van der Waals surface area (Å²) in [5.74, 6) is 0.444. The average molecular weight is 309 g/mol. The number of nitrogens with zero attached hydrogens (tertiary/aromatic N) is 1. The van der Waals surface area contributed by atoms with Crippen molar-refractivity contribution in [1.82, 2.24) is 4.98 Å². The summed E-state index contributed by atoms with van der Waals surface area (Å²) in [4.78, 5) is 16.5. The third-order valence-corrected chi connectivity index (χ3v) is 4.26. The lowest BCUT2D eigenvalue weighted by atomic mass is 9.95. The lowest BCUT2D eigenvalue weighted by Crippen LogP contribution is -2.22. The molecule has 23 heavy (non-hydrogen) atoms. The number of rotatable bonds is 4. The molecule has 0 bridgehead atoms. The van der Waals surface area contributed by atoms with Crippen molar-refractivity contribution >= 4 is 17.4 Å². The minimum atomic E-state index is -0.130. The van der Waals surface area contributed by atoms with Crippen LogP contribution in [0.3, 0.4) is 0 Å². The molecule has 0 radical (unpaired) electrons. The van der Waals surface area contributed by atoms with Crippen molar-refractivity contribution in [3.05, 3.63) is 53.7 Å². The molecule has 1 heterocycles. The summed E-state index contributed by atoms with van der Waals surface area (Å²) in [7, 11) is 0. The number of pyridine rings is 1. The van der Waals surface area contributed by atoms with Gasteiger partial charge < -0.3 is 10.6 Å². The van der Waals surface area contributed by atoms with Crippen molar-refractivity contribution in [1.29, 1.82) is 0 Å². The Kier molecular flexibility index (Phi) is 4.91. The zero-order valence-corrected chi connectivity index (χ0v) is 13.5. The van der Waals surface area contributed by atoms with E-state index in [0.29, 0.717) is 17.4 Å². The molecule has 0 saturated heterocycles. The van der Waals surface area contributed by atoms with Gasteiger partial charge in [0.05, 0.1) is 11.9 Å². The molecular formula is C19H23N3O. The molecule has 1 aromatic heterocycles. The van der Waals surface area contributed by atoms with Crippen LogP contribution in [0.2, 0.25) is 0 Å². The first-order chi connectivity index (χ1) is 11.2. The topological polar surface area (TPSA) is 54.0 Å². The van der Waals surface area contributed by atoms with E-state index in [9.17, 15) is 4.79 Å². The molecule has 4 nitrogen and oxygen atoms in total. The van der Waals surface area contributed by atoms with Gasteiger partial charge in [-0.15, -0.1) is 0 Å². The van der Waals surface area contributed by atoms with Crippen molar-refractivity contribution in [3.63, 3.8) is 0 Å². The second-order valence-electron chi connectivity index (χ2n) is 6.23. The zero-order valence-electron chi connectivity index (χ0n) is 13.5. The van der Waals surface area contributed by atoms with Gasteiger partial charge in [0.15, 0.2) is 0 Å². The first kappa shape index (κ1) is 15.5. The van der Waals surface area contributed by atoms with Crippen LogP contribution in [0.5, 0.6) is 0 Å². The van der Waals surface area contributed by atoms with Gasteiger partial charge >= 0.3 is 0 Å². The van der Waals surface area contributed by atoms with E-state index >= 15 is 0 Å². The van der Waals surface area contributed by atoms with Crippen molar-refractivity contribution in [2.45, 2.75) is 45.1 Å². The van der Waals surface area contributed by atoms with Crippen molar-refractivity contribution in [2.75, 3.05) is 10.6 Å². The molecule has 4 heteroatoms. The van der Waals surface area contributed by atoms with Gasteiger partial charge in [-0.2, -0.15) is 0 Å². The molecule has 1 saturated carbocycles. The number of anilines is 2. The molecule has 0 spiro atoms. The van der Waals surface area contributed by atoms with Crippen LogP contribution >= 0.6 is 0 Å². The number of hydrogen-bond donors (Lipinski definition) is 2. The summed E-state index contributed by atoms with van der Waals surface area (Å²) >= 11 is 0. The first-order valence-corrected chi connectivity index (χ1v) is 8.31. The Morgan fingerprint density at radius 2 is 1.96 bits per heavy atom. The maximum absolute atomic E-state index is 12.2. The van der Waals surface area contributed by atoms with Crippen LogP contribution in [0.4, 0.5) is 11.5 Å². The Balaban J connectivity index is 1.59. The van der Waals surface area contributed by atoms with Crippen LogP contribution in [-0.4, -0.2) is 16.9 Å². The second-order valence-corrected chi connectivity index (χ2v) is 6.23. The second kappa shape index (κ2) is 7.27. The number of carbonyl (C=O) groups is 1. The van der Waals surface area contributed by atoms with Gasteiger partial charge in [0.25, 0.3) is 5.91 Å². The summed E-state index contributed by atoms with van der Waals surface area (Å²) < 4.78 is 0. The van der Waals surface area contributed by atoms with E-state index in [0.717, 1.165) is 11.3 Å². The number of benzene rings is 1. The molecule has 1 fully saturated rings. The largest absolute Gasteiger partial charge is 0.381 e. The smallest absolute Gasteiger partial charge is 0.256 e. The Labute approximate surface area is 137 Å². The van der Waals surface area contributed by atoms with Crippen LogP contribution < -0.4 is 10.6 Å². The number of amides is 1. The SMILES string of the molecule is Cc1cccc(C(=O)Nc2ccc(NC3CCCCC3)cn2)c1. The maximum atomic E-state index is 12.2. The van der Waals surface area contributed by atoms with Gasteiger partial charge in [0, 0.05) is 11.6 Å². The van der Waals surface area contributed by atoms with E-state index in [4.69, 9.17) is 0 Å². The van der Waals surface area contributed by atoms with Crippen LogP contribution in [-0.2, 0) is 0 Å². The lowest BCUT2D eigenvalue weighted by Gasteiger charge is -2.23. The van der Waals surface area contributed by atoms with E-state index < -0.39 is 0 Å². The fourth-order valence-electron chi connectivity index (χ4n) is 3.01. The number of aryl methyl sites for hydroxylation is 1. The van der Waals surface area contributed by atoms with Gasteiger partial charge in [-0.3, -0.25) is 4.79 Å². The maximum Gasteiger partial charge on any atom is 0.256 e. The normalized spacial score (nSPS) is 15.2. The molecule has 1 amide bonds. The number of hydrogen-bond acceptors (Lipinski definition) is 3. The minimum absolute atomic E-state index is 0.130. The number of aromatic nitrogens is 1. The van der Waals surface area contributed by atoms with Gasteiger partial charge in [-0.1, -0.05) is 37.0 Å². The molecule has 1 aliphatic carbocycles. The highest BCUT2D eigenvalue weighted by Crippen LogP contribution is 2.21. The predicted molar refractivity (Wildman–Crippen MR) is 93.9 cm³/mol. The third kappa shape index (κ3) is 4.31. The Morgan fingerprint density at radius 3 is 2.65 bits per heavy atom. The van der Waals surface area contributed by atoms with E-state index in [-0.39, 0.29) is 5.91 Å². The molecule has 0 unspecified atom stereocenters. The van der Waals surface area contributed by atoms with Crippen LogP contribution in [0.15, 0.2) is 42.6 Å². The van der Waals surface area contributed by atoms with Crippen LogP contribution in [0, 0.1) is 6.92 Å². The van der Waals surface area contributed by atoms with Gasteiger partial charge in [-0.05, 0) is 44.0 Å². The molecule has 2 N–H and O–H groups in total. The number of nitrogens with one attached hydrogen (secondary N) is 2. The number of carbonyl (C=O) groups excluding carboxylic acids is 1. The Morgan fingerprint density at radius 1 is 1.13 bits per heavy atom. The Hall–Kier alpha value is -2.36. The predicted octanol–water partition coefficient (Wildman–Crippen LogP) is 4.39. The molecule has 1 aromatic carbocycles. The van der Waals surface area contributed by atoms with Crippen LogP contribution in [0.25, 0.3) is 0 Å². The zero-order chi connectivity index (χ0) is 16.1. The lowest BCUT2D eigenvalue weighted by molar-refractivity contribution is 0.102. The molecule has 1 aliphatic rings. The highest BCUT2D eigenvalue weighted by molar-refractivity contribution is 6.03.